The number of hydrogen-bond donors (Lipinski definition) is 1. The predicted molar refractivity (Wildman–Crippen MR) is 75.8 cm³/mol. The largest absolute Gasteiger partial charge is 0.479 e. The van der Waals surface area contributed by atoms with E-state index in [9.17, 15) is 4.79 Å². The molecule has 0 radical (unpaired) electrons. The maximum absolute atomic E-state index is 10.9. The molecule has 0 aromatic heterocycles. The van der Waals surface area contributed by atoms with Gasteiger partial charge in [-0.3, -0.25) is 9.80 Å². The molecule has 0 aromatic carbocycles. The van der Waals surface area contributed by atoms with Crippen molar-refractivity contribution in [3.8, 4) is 0 Å². The van der Waals surface area contributed by atoms with Crippen LogP contribution in [-0.2, 0) is 9.53 Å². The summed E-state index contributed by atoms with van der Waals surface area (Å²) in [5.41, 5.74) is 0. The number of rotatable bonds is 4. The van der Waals surface area contributed by atoms with Gasteiger partial charge in [-0.1, -0.05) is 6.42 Å². The van der Waals surface area contributed by atoms with Crippen molar-refractivity contribution < 1.29 is 14.6 Å². The lowest BCUT2D eigenvalue weighted by Gasteiger charge is -2.32. The van der Waals surface area contributed by atoms with Gasteiger partial charge in [0.1, 0.15) is 0 Å². The Kier molecular flexibility index (Phi) is 4.58. The normalized spacial score (nSPS) is 36.5. The molecule has 3 aliphatic heterocycles. The van der Waals surface area contributed by atoms with Crippen LogP contribution >= 0.6 is 0 Å². The van der Waals surface area contributed by atoms with Crippen LogP contribution in [0.1, 0.15) is 38.5 Å². The zero-order valence-corrected chi connectivity index (χ0v) is 12.2. The zero-order valence-electron chi connectivity index (χ0n) is 12.2. The molecule has 3 rings (SSSR count). The van der Waals surface area contributed by atoms with Crippen LogP contribution in [0.3, 0.4) is 0 Å². The van der Waals surface area contributed by atoms with Crippen molar-refractivity contribution >= 4 is 5.97 Å². The molecule has 0 spiro atoms. The first kappa shape index (κ1) is 14.3. The molecular weight excluding hydrogens is 256 g/mol. The van der Waals surface area contributed by atoms with Crippen LogP contribution in [0.15, 0.2) is 0 Å². The van der Waals surface area contributed by atoms with Gasteiger partial charge >= 0.3 is 5.97 Å². The molecule has 20 heavy (non-hydrogen) atoms. The number of nitrogens with zero attached hydrogens (tertiary/aromatic N) is 2. The Morgan fingerprint density at radius 2 is 1.90 bits per heavy atom. The van der Waals surface area contributed by atoms with E-state index in [1.807, 2.05) is 0 Å². The molecule has 3 fully saturated rings. The van der Waals surface area contributed by atoms with Gasteiger partial charge in [-0.05, 0) is 51.7 Å². The minimum atomic E-state index is -0.805. The standard InChI is InChI=1S/C15H26N2O3/c18-15(19)14-5-4-13(20-14)11-16-9-6-12(10-16)17-7-2-1-3-8-17/h12-14H,1-11H2,(H,18,19). The predicted octanol–water partition coefficient (Wildman–Crippen LogP) is 1.18. The maximum atomic E-state index is 10.9. The summed E-state index contributed by atoms with van der Waals surface area (Å²) in [6.45, 7) is 5.71. The molecule has 3 aliphatic rings. The highest BCUT2D eigenvalue weighted by molar-refractivity contribution is 5.72. The molecular formula is C15H26N2O3. The highest BCUT2D eigenvalue weighted by Gasteiger charge is 2.34. The summed E-state index contributed by atoms with van der Waals surface area (Å²) in [7, 11) is 0. The molecule has 3 unspecified atom stereocenters. The minimum Gasteiger partial charge on any atom is -0.479 e. The lowest BCUT2D eigenvalue weighted by Crippen LogP contribution is -2.41. The second-order valence-corrected chi connectivity index (χ2v) is 6.46. The van der Waals surface area contributed by atoms with E-state index < -0.39 is 12.1 Å². The Balaban J connectivity index is 1.43. The Morgan fingerprint density at radius 1 is 1.10 bits per heavy atom. The van der Waals surface area contributed by atoms with E-state index in [0.29, 0.717) is 12.5 Å². The highest BCUT2D eigenvalue weighted by Crippen LogP contribution is 2.24. The first-order valence-electron chi connectivity index (χ1n) is 8.07. The summed E-state index contributed by atoms with van der Waals surface area (Å²) < 4.78 is 5.61. The van der Waals surface area contributed by atoms with Crippen molar-refractivity contribution in [3.63, 3.8) is 0 Å². The van der Waals surface area contributed by atoms with Crippen molar-refractivity contribution in [3.05, 3.63) is 0 Å². The molecule has 5 heteroatoms. The van der Waals surface area contributed by atoms with E-state index in [1.165, 1.54) is 38.8 Å². The maximum Gasteiger partial charge on any atom is 0.332 e. The summed E-state index contributed by atoms with van der Waals surface area (Å²) in [5, 5.41) is 8.96. The minimum absolute atomic E-state index is 0.121. The van der Waals surface area contributed by atoms with Gasteiger partial charge in [-0.25, -0.2) is 4.79 Å². The first-order chi connectivity index (χ1) is 9.72. The number of hydrogen-bond acceptors (Lipinski definition) is 4. The van der Waals surface area contributed by atoms with E-state index in [-0.39, 0.29) is 6.10 Å². The fourth-order valence-electron chi connectivity index (χ4n) is 3.87. The van der Waals surface area contributed by atoms with Crippen LogP contribution in [0.5, 0.6) is 0 Å². The molecule has 3 saturated heterocycles. The van der Waals surface area contributed by atoms with Crippen molar-refractivity contribution in [2.75, 3.05) is 32.7 Å². The number of carboxylic acid groups (broad SMARTS) is 1. The first-order valence-corrected chi connectivity index (χ1v) is 8.07. The summed E-state index contributed by atoms with van der Waals surface area (Å²) in [6, 6.07) is 0.715. The summed E-state index contributed by atoms with van der Waals surface area (Å²) >= 11 is 0. The van der Waals surface area contributed by atoms with Gasteiger partial charge in [0.2, 0.25) is 0 Å². The number of piperidine rings is 1. The van der Waals surface area contributed by atoms with Crippen LogP contribution in [0, 0.1) is 0 Å². The third kappa shape index (κ3) is 3.32. The number of aliphatic carboxylic acids is 1. The van der Waals surface area contributed by atoms with Gasteiger partial charge in [0.25, 0.3) is 0 Å². The van der Waals surface area contributed by atoms with Crippen LogP contribution in [0.2, 0.25) is 0 Å². The molecule has 0 amide bonds. The number of carboxylic acids is 1. The lowest BCUT2D eigenvalue weighted by molar-refractivity contribution is -0.149. The van der Waals surface area contributed by atoms with Crippen LogP contribution in [0.4, 0.5) is 0 Å². The molecule has 0 bridgehead atoms. The number of ether oxygens (including phenoxy) is 1. The zero-order chi connectivity index (χ0) is 13.9. The van der Waals surface area contributed by atoms with Gasteiger partial charge in [0.05, 0.1) is 6.10 Å². The van der Waals surface area contributed by atoms with Crippen LogP contribution in [-0.4, -0.2) is 71.8 Å². The summed E-state index contributed by atoms with van der Waals surface area (Å²) in [5.74, 6) is -0.805. The Labute approximate surface area is 120 Å². The Hall–Kier alpha value is -0.650. The number of likely N-dealkylation sites (tertiary alicyclic amines) is 2. The Morgan fingerprint density at radius 3 is 2.60 bits per heavy atom. The lowest BCUT2D eigenvalue weighted by atomic mass is 10.1. The second-order valence-electron chi connectivity index (χ2n) is 6.46. The summed E-state index contributed by atoms with van der Waals surface area (Å²) in [6.07, 6.45) is 6.46. The van der Waals surface area contributed by atoms with Crippen molar-refractivity contribution in [2.45, 2.75) is 56.8 Å². The molecule has 114 valence electrons. The van der Waals surface area contributed by atoms with E-state index in [0.717, 1.165) is 26.1 Å². The van der Waals surface area contributed by atoms with Crippen molar-refractivity contribution in [1.29, 1.82) is 0 Å². The monoisotopic (exact) mass is 282 g/mol. The summed E-state index contributed by atoms with van der Waals surface area (Å²) in [4.78, 5) is 16.0. The van der Waals surface area contributed by atoms with E-state index in [1.54, 1.807) is 0 Å². The smallest absolute Gasteiger partial charge is 0.332 e. The SMILES string of the molecule is O=C(O)C1CCC(CN2CCC(N3CCCCC3)C2)O1. The van der Waals surface area contributed by atoms with Gasteiger partial charge < -0.3 is 9.84 Å². The third-order valence-corrected chi connectivity index (χ3v) is 5.00. The quantitative estimate of drug-likeness (QED) is 0.839. The fourth-order valence-corrected chi connectivity index (χ4v) is 3.87. The third-order valence-electron chi connectivity index (χ3n) is 5.00. The molecule has 3 atom stereocenters. The fraction of sp³-hybridized carbons (Fsp3) is 0.933. The van der Waals surface area contributed by atoms with Gasteiger partial charge in [-0.2, -0.15) is 0 Å². The van der Waals surface area contributed by atoms with Crippen molar-refractivity contribution in [2.24, 2.45) is 0 Å². The molecule has 5 nitrogen and oxygen atoms in total. The number of carbonyl (C=O) groups is 1. The van der Waals surface area contributed by atoms with Crippen molar-refractivity contribution in [1.82, 2.24) is 9.80 Å². The average Bonchev–Trinajstić information content (AvgIpc) is 3.10. The molecule has 1 N–H and O–H groups in total. The van der Waals surface area contributed by atoms with Gasteiger partial charge in [0.15, 0.2) is 6.10 Å². The van der Waals surface area contributed by atoms with E-state index >= 15 is 0 Å². The van der Waals surface area contributed by atoms with Gasteiger partial charge in [-0.15, -0.1) is 0 Å². The molecule has 0 aromatic rings. The highest BCUT2D eigenvalue weighted by atomic mass is 16.5. The molecule has 0 aliphatic carbocycles. The second kappa shape index (κ2) is 6.41. The van der Waals surface area contributed by atoms with Crippen LogP contribution in [0.25, 0.3) is 0 Å². The average molecular weight is 282 g/mol. The Bertz CT molecular complexity index is 344. The molecule has 0 saturated carbocycles. The van der Waals surface area contributed by atoms with Crippen LogP contribution < -0.4 is 0 Å². The topological polar surface area (TPSA) is 53.0 Å². The van der Waals surface area contributed by atoms with Gasteiger partial charge in [0, 0.05) is 19.1 Å². The molecule has 3 heterocycles. The van der Waals surface area contributed by atoms with E-state index in [4.69, 9.17) is 9.84 Å². The van der Waals surface area contributed by atoms with E-state index in [2.05, 4.69) is 9.80 Å².